The summed E-state index contributed by atoms with van der Waals surface area (Å²) in [5.74, 6) is -1.54. The number of rotatable bonds is 3. The standard InChI is InChI=1S/C17H26F2N2/c1-5-13-11-21(16(9-20-13)17(2,3)4)10-12-6-7-14(18)15(19)8-12/h6-8,13,16,20H,5,9-11H2,1-4H3. The van der Waals surface area contributed by atoms with Gasteiger partial charge in [-0.2, -0.15) is 0 Å². The zero-order valence-corrected chi connectivity index (χ0v) is 13.4. The molecule has 0 amide bonds. The molecule has 2 rings (SSSR count). The van der Waals surface area contributed by atoms with E-state index in [1.54, 1.807) is 6.07 Å². The van der Waals surface area contributed by atoms with Crippen molar-refractivity contribution in [3.8, 4) is 0 Å². The Morgan fingerprint density at radius 1 is 1.24 bits per heavy atom. The van der Waals surface area contributed by atoms with Crippen molar-refractivity contribution in [2.24, 2.45) is 5.41 Å². The van der Waals surface area contributed by atoms with Crippen LogP contribution in [0.3, 0.4) is 0 Å². The summed E-state index contributed by atoms with van der Waals surface area (Å²) in [6.07, 6.45) is 1.07. The molecule has 1 aliphatic rings. The van der Waals surface area contributed by atoms with E-state index in [1.165, 1.54) is 12.1 Å². The van der Waals surface area contributed by atoms with Crippen molar-refractivity contribution in [3.05, 3.63) is 35.4 Å². The normalized spacial score (nSPS) is 24.3. The molecule has 2 unspecified atom stereocenters. The maximum atomic E-state index is 13.4. The summed E-state index contributed by atoms with van der Waals surface area (Å²) in [5, 5.41) is 3.59. The fourth-order valence-corrected chi connectivity index (χ4v) is 3.06. The highest BCUT2D eigenvalue weighted by Gasteiger charge is 2.34. The van der Waals surface area contributed by atoms with Gasteiger partial charge in [0.15, 0.2) is 11.6 Å². The number of hydrogen-bond acceptors (Lipinski definition) is 2. The van der Waals surface area contributed by atoms with Crippen LogP contribution in [0.4, 0.5) is 8.78 Å². The van der Waals surface area contributed by atoms with E-state index < -0.39 is 11.6 Å². The Hall–Kier alpha value is -1.00. The van der Waals surface area contributed by atoms with Gasteiger partial charge < -0.3 is 5.32 Å². The third-order valence-electron chi connectivity index (χ3n) is 4.36. The maximum Gasteiger partial charge on any atom is 0.159 e. The summed E-state index contributed by atoms with van der Waals surface area (Å²) in [5.41, 5.74) is 0.976. The third kappa shape index (κ3) is 4.01. The second-order valence-electron chi connectivity index (χ2n) is 7.07. The lowest BCUT2D eigenvalue weighted by Crippen LogP contribution is -2.59. The zero-order chi connectivity index (χ0) is 15.6. The van der Waals surface area contributed by atoms with Gasteiger partial charge in [0.2, 0.25) is 0 Å². The molecule has 1 aliphatic heterocycles. The second kappa shape index (κ2) is 6.41. The van der Waals surface area contributed by atoms with E-state index in [0.29, 0.717) is 18.6 Å². The number of benzene rings is 1. The lowest BCUT2D eigenvalue weighted by atomic mass is 9.83. The quantitative estimate of drug-likeness (QED) is 0.917. The summed E-state index contributed by atoms with van der Waals surface area (Å²) in [6, 6.07) is 5.07. The van der Waals surface area contributed by atoms with Gasteiger partial charge in [-0.25, -0.2) is 8.78 Å². The first kappa shape index (κ1) is 16.4. The van der Waals surface area contributed by atoms with Gasteiger partial charge in [-0.05, 0) is 29.5 Å². The molecular formula is C17H26F2N2. The van der Waals surface area contributed by atoms with Gasteiger partial charge in [0.1, 0.15) is 0 Å². The minimum Gasteiger partial charge on any atom is -0.311 e. The summed E-state index contributed by atoms with van der Waals surface area (Å²) >= 11 is 0. The van der Waals surface area contributed by atoms with Gasteiger partial charge in [-0.15, -0.1) is 0 Å². The SMILES string of the molecule is CCC1CN(Cc2ccc(F)c(F)c2)C(C(C)(C)C)CN1. The van der Waals surface area contributed by atoms with Crippen molar-refractivity contribution >= 4 is 0 Å². The molecule has 2 atom stereocenters. The average Bonchev–Trinajstić information content (AvgIpc) is 2.41. The molecule has 1 heterocycles. The summed E-state index contributed by atoms with van der Waals surface area (Å²) in [7, 11) is 0. The molecule has 4 heteroatoms. The van der Waals surface area contributed by atoms with E-state index in [-0.39, 0.29) is 5.41 Å². The minimum absolute atomic E-state index is 0.143. The summed E-state index contributed by atoms with van der Waals surface area (Å²) in [6.45, 7) is 11.4. The molecule has 0 radical (unpaired) electrons. The van der Waals surface area contributed by atoms with Gasteiger partial charge >= 0.3 is 0 Å². The fraction of sp³-hybridized carbons (Fsp3) is 0.647. The Morgan fingerprint density at radius 3 is 2.52 bits per heavy atom. The van der Waals surface area contributed by atoms with Crippen molar-refractivity contribution in [1.82, 2.24) is 10.2 Å². The molecule has 2 nitrogen and oxygen atoms in total. The molecule has 21 heavy (non-hydrogen) atoms. The number of piperazine rings is 1. The van der Waals surface area contributed by atoms with Gasteiger partial charge in [0.25, 0.3) is 0 Å². The number of nitrogens with one attached hydrogen (secondary N) is 1. The lowest BCUT2D eigenvalue weighted by molar-refractivity contribution is 0.0484. The lowest BCUT2D eigenvalue weighted by Gasteiger charge is -2.46. The Labute approximate surface area is 126 Å². The first-order valence-corrected chi connectivity index (χ1v) is 7.72. The molecule has 118 valence electrons. The number of nitrogens with zero attached hydrogens (tertiary/aromatic N) is 1. The topological polar surface area (TPSA) is 15.3 Å². The van der Waals surface area contributed by atoms with Gasteiger partial charge in [0, 0.05) is 31.7 Å². The molecule has 1 N–H and O–H groups in total. The highest BCUT2D eigenvalue weighted by molar-refractivity contribution is 5.18. The molecule has 0 aliphatic carbocycles. The fourth-order valence-electron chi connectivity index (χ4n) is 3.06. The molecular weight excluding hydrogens is 270 g/mol. The van der Waals surface area contributed by atoms with E-state index >= 15 is 0 Å². The van der Waals surface area contributed by atoms with E-state index in [4.69, 9.17) is 0 Å². The highest BCUT2D eigenvalue weighted by Crippen LogP contribution is 2.28. The van der Waals surface area contributed by atoms with Gasteiger partial charge in [0.05, 0.1) is 0 Å². The molecule has 1 aromatic rings. The van der Waals surface area contributed by atoms with Crippen molar-refractivity contribution in [2.75, 3.05) is 13.1 Å². The Bertz CT molecular complexity index is 482. The average molecular weight is 296 g/mol. The van der Waals surface area contributed by atoms with Crippen LogP contribution in [0, 0.1) is 17.0 Å². The Kier molecular flexibility index (Phi) is 4.99. The van der Waals surface area contributed by atoms with Gasteiger partial charge in [-0.1, -0.05) is 33.8 Å². The molecule has 0 aromatic heterocycles. The predicted octanol–water partition coefficient (Wildman–Crippen LogP) is 3.56. The number of halogens is 2. The first-order chi connectivity index (χ1) is 9.81. The van der Waals surface area contributed by atoms with E-state index in [0.717, 1.165) is 25.1 Å². The molecule has 1 fully saturated rings. The largest absolute Gasteiger partial charge is 0.311 e. The maximum absolute atomic E-state index is 13.4. The first-order valence-electron chi connectivity index (χ1n) is 7.72. The summed E-state index contributed by atoms with van der Waals surface area (Å²) in [4.78, 5) is 2.40. The third-order valence-corrected chi connectivity index (χ3v) is 4.36. The summed E-state index contributed by atoms with van der Waals surface area (Å²) < 4.78 is 26.5. The van der Waals surface area contributed by atoms with Crippen LogP contribution in [0.1, 0.15) is 39.7 Å². The van der Waals surface area contributed by atoms with E-state index in [9.17, 15) is 8.78 Å². The van der Waals surface area contributed by atoms with Crippen LogP contribution in [-0.4, -0.2) is 30.1 Å². The van der Waals surface area contributed by atoms with Crippen LogP contribution in [0.15, 0.2) is 18.2 Å². The van der Waals surface area contributed by atoms with Crippen molar-refractivity contribution in [2.45, 2.75) is 52.7 Å². The highest BCUT2D eigenvalue weighted by atomic mass is 19.2. The Morgan fingerprint density at radius 2 is 1.95 bits per heavy atom. The second-order valence-corrected chi connectivity index (χ2v) is 7.07. The monoisotopic (exact) mass is 296 g/mol. The predicted molar refractivity (Wildman–Crippen MR) is 82.1 cm³/mol. The molecule has 1 saturated heterocycles. The van der Waals surface area contributed by atoms with Crippen molar-refractivity contribution < 1.29 is 8.78 Å². The van der Waals surface area contributed by atoms with Crippen molar-refractivity contribution in [1.29, 1.82) is 0 Å². The molecule has 1 aromatic carbocycles. The minimum atomic E-state index is -0.780. The number of hydrogen-bond donors (Lipinski definition) is 1. The van der Waals surface area contributed by atoms with Crippen LogP contribution in [-0.2, 0) is 6.54 Å². The molecule has 0 bridgehead atoms. The van der Waals surface area contributed by atoms with Crippen LogP contribution < -0.4 is 5.32 Å². The molecule has 0 spiro atoms. The smallest absolute Gasteiger partial charge is 0.159 e. The van der Waals surface area contributed by atoms with Crippen LogP contribution in [0.2, 0.25) is 0 Å². The Balaban J connectivity index is 2.17. The zero-order valence-electron chi connectivity index (χ0n) is 13.4. The molecule has 0 saturated carbocycles. The van der Waals surface area contributed by atoms with Crippen LogP contribution >= 0.6 is 0 Å². The van der Waals surface area contributed by atoms with Crippen LogP contribution in [0.25, 0.3) is 0 Å². The van der Waals surface area contributed by atoms with E-state index in [2.05, 4.69) is 37.9 Å². The van der Waals surface area contributed by atoms with E-state index in [1.807, 2.05) is 0 Å². The van der Waals surface area contributed by atoms with Crippen LogP contribution in [0.5, 0.6) is 0 Å². The van der Waals surface area contributed by atoms with Crippen molar-refractivity contribution in [3.63, 3.8) is 0 Å². The van der Waals surface area contributed by atoms with Gasteiger partial charge in [-0.3, -0.25) is 4.90 Å².